The Morgan fingerprint density at radius 2 is 2.43 bits per heavy atom. The lowest BCUT2D eigenvalue weighted by atomic mass is 10.2. The number of amidine groups is 1. The maximum atomic E-state index is 7.61. The molecule has 0 atom stereocenters. The summed E-state index contributed by atoms with van der Waals surface area (Å²) < 4.78 is 4.91. The maximum absolute atomic E-state index is 7.61. The Morgan fingerprint density at radius 3 is 2.93 bits per heavy atom. The van der Waals surface area contributed by atoms with Gasteiger partial charge in [0.05, 0.1) is 7.11 Å². The van der Waals surface area contributed by atoms with Gasteiger partial charge in [0.1, 0.15) is 5.84 Å². The molecular weight excluding hydrogens is 180 g/mol. The quantitative estimate of drug-likeness (QED) is 0.464. The van der Waals surface area contributed by atoms with Crippen molar-refractivity contribution >= 4 is 5.84 Å². The molecule has 76 valence electrons. The van der Waals surface area contributed by atoms with Crippen LogP contribution in [0.15, 0.2) is 18.3 Å². The normalized spacial score (nSPS) is 9.57. The molecule has 0 aliphatic carbocycles. The van der Waals surface area contributed by atoms with Gasteiger partial charge in [-0.3, -0.25) is 5.41 Å². The summed E-state index contributed by atoms with van der Waals surface area (Å²) in [6, 6.07) is 3.49. The second kappa shape index (κ2) is 5.18. The minimum Gasteiger partial charge on any atom is -0.481 e. The predicted octanol–water partition coefficient (Wildman–Crippen LogP) is -0.0361. The van der Waals surface area contributed by atoms with Gasteiger partial charge in [0.25, 0.3) is 0 Å². The monoisotopic (exact) mass is 194 g/mol. The van der Waals surface area contributed by atoms with E-state index < -0.39 is 0 Å². The third-order valence-electron chi connectivity index (χ3n) is 1.68. The van der Waals surface area contributed by atoms with E-state index in [0.29, 0.717) is 24.8 Å². The van der Waals surface area contributed by atoms with Gasteiger partial charge in [0.2, 0.25) is 5.88 Å². The van der Waals surface area contributed by atoms with Crippen LogP contribution >= 0.6 is 0 Å². The minimum atomic E-state index is 0.325. The zero-order chi connectivity index (χ0) is 10.4. The zero-order valence-electron chi connectivity index (χ0n) is 8.08. The lowest BCUT2D eigenvalue weighted by Gasteiger charge is -2.06. The summed E-state index contributed by atoms with van der Waals surface area (Å²) in [5.74, 6) is 0.867. The molecule has 0 amide bonds. The van der Waals surface area contributed by atoms with Gasteiger partial charge >= 0.3 is 0 Å². The van der Waals surface area contributed by atoms with Crippen molar-refractivity contribution in [3.05, 3.63) is 23.9 Å². The van der Waals surface area contributed by atoms with Gasteiger partial charge in [0.15, 0.2) is 0 Å². The highest BCUT2D eigenvalue weighted by Gasteiger charge is 2.00. The summed E-state index contributed by atoms with van der Waals surface area (Å²) in [5.41, 5.74) is 6.03. The smallest absolute Gasteiger partial charge is 0.212 e. The third kappa shape index (κ3) is 2.70. The number of nitrogens with two attached hydrogens (primary N) is 1. The van der Waals surface area contributed by atoms with Crippen molar-refractivity contribution in [1.29, 1.82) is 5.41 Å². The first-order valence-corrected chi connectivity index (χ1v) is 4.31. The van der Waals surface area contributed by atoms with Gasteiger partial charge < -0.3 is 15.8 Å². The van der Waals surface area contributed by atoms with Gasteiger partial charge in [0, 0.05) is 30.9 Å². The number of hydrogen-bond acceptors (Lipinski definition) is 4. The summed E-state index contributed by atoms with van der Waals surface area (Å²) in [6.45, 7) is 1.09. The fourth-order valence-electron chi connectivity index (χ4n) is 0.948. The van der Waals surface area contributed by atoms with E-state index in [1.54, 1.807) is 25.4 Å². The molecule has 0 radical (unpaired) electrons. The Balaban J connectivity index is 2.62. The molecule has 5 heteroatoms. The van der Waals surface area contributed by atoms with Crippen LogP contribution in [-0.4, -0.2) is 31.0 Å². The van der Waals surface area contributed by atoms with E-state index >= 15 is 0 Å². The van der Waals surface area contributed by atoms with E-state index in [1.165, 1.54) is 0 Å². The van der Waals surface area contributed by atoms with Crippen LogP contribution in [0.3, 0.4) is 0 Å². The molecule has 0 spiro atoms. The summed E-state index contributed by atoms with van der Waals surface area (Å²) in [7, 11) is 1.56. The Hall–Kier alpha value is -1.62. The van der Waals surface area contributed by atoms with Gasteiger partial charge in [-0.05, 0) is 6.07 Å². The number of hydrogen-bond donors (Lipinski definition) is 3. The van der Waals surface area contributed by atoms with Crippen molar-refractivity contribution in [2.45, 2.75) is 0 Å². The molecule has 1 aromatic heterocycles. The van der Waals surface area contributed by atoms with E-state index in [4.69, 9.17) is 15.9 Å². The van der Waals surface area contributed by atoms with Crippen LogP contribution in [-0.2, 0) is 0 Å². The van der Waals surface area contributed by atoms with Crippen molar-refractivity contribution < 1.29 is 4.74 Å². The number of rotatable bonds is 4. The van der Waals surface area contributed by atoms with Crippen molar-refractivity contribution in [2.75, 3.05) is 20.2 Å². The summed E-state index contributed by atoms with van der Waals surface area (Å²) >= 11 is 0. The van der Waals surface area contributed by atoms with Crippen LogP contribution in [0.1, 0.15) is 5.56 Å². The molecule has 14 heavy (non-hydrogen) atoms. The van der Waals surface area contributed by atoms with Gasteiger partial charge in [-0.2, -0.15) is 0 Å². The van der Waals surface area contributed by atoms with Crippen LogP contribution in [0.4, 0.5) is 0 Å². The summed E-state index contributed by atoms with van der Waals surface area (Å²) in [4.78, 5) is 3.99. The molecule has 0 aromatic carbocycles. The molecule has 4 N–H and O–H groups in total. The minimum absolute atomic E-state index is 0.325. The van der Waals surface area contributed by atoms with Crippen molar-refractivity contribution in [3.8, 4) is 5.88 Å². The number of aromatic nitrogens is 1. The van der Waals surface area contributed by atoms with E-state index in [2.05, 4.69) is 10.3 Å². The number of pyridine rings is 1. The van der Waals surface area contributed by atoms with Crippen molar-refractivity contribution in [1.82, 2.24) is 10.3 Å². The van der Waals surface area contributed by atoms with Crippen molar-refractivity contribution in [3.63, 3.8) is 0 Å². The number of ether oxygens (including phenoxy) is 1. The molecule has 0 aliphatic rings. The second-order valence-electron chi connectivity index (χ2n) is 2.68. The Kier molecular flexibility index (Phi) is 3.87. The number of nitrogens with zero attached hydrogens (tertiary/aromatic N) is 1. The second-order valence-corrected chi connectivity index (χ2v) is 2.68. The Morgan fingerprint density at radius 1 is 1.64 bits per heavy atom. The predicted molar refractivity (Wildman–Crippen MR) is 54.7 cm³/mol. The number of methoxy groups -OCH3 is 1. The molecule has 0 unspecified atom stereocenters. The van der Waals surface area contributed by atoms with Crippen LogP contribution in [0.5, 0.6) is 5.88 Å². The molecule has 1 heterocycles. The highest BCUT2D eigenvalue weighted by molar-refractivity contribution is 5.96. The Bertz CT molecular complexity index is 296. The molecule has 0 bridgehead atoms. The van der Waals surface area contributed by atoms with E-state index in [9.17, 15) is 0 Å². The third-order valence-corrected chi connectivity index (χ3v) is 1.68. The molecule has 5 nitrogen and oxygen atoms in total. The SMILES string of the molecule is COc1ccc(C(=N)NCCN)cn1. The first-order valence-electron chi connectivity index (χ1n) is 4.31. The van der Waals surface area contributed by atoms with Gasteiger partial charge in [-0.1, -0.05) is 0 Å². The average molecular weight is 194 g/mol. The molecule has 1 rings (SSSR count). The van der Waals surface area contributed by atoms with Crippen LogP contribution in [0.25, 0.3) is 0 Å². The molecule has 1 aromatic rings. The van der Waals surface area contributed by atoms with Gasteiger partial charge in [-0.25, -0.2) is 4.98 Å². The fourth-order valence-corrected chi connectivity index (χ4v) is 0.948. The molecule has 0 fully saturated rings. The van der Waals surface area contributed by atoms with Crippen LogP contribution in [0.2, 0.25) is 0 Å². The van der Waals surface area contributed by atoms with Crippen molar-refractivity contribution in [2.24, 2.45) is 5.73 Å². The summed E-state index contributed by atoms with van der Waals surface area (Å²) in [6.07, 6.45) is 1.59. The topological polar surface area (TPSA) is 84.0 Å². The van der Waals surface area contributed by atoms with E-state index in [1.807, 2.05) is 0 Å². The fraction of sp³-hybridized carbons (Fsp3) is 0.333. The first-order chi connectivity index (χ1) is 6.77. The highest BCUT2D eigenvalue weighted by atomic mass is 16.5. The summed E-state index contributed by atoms with van der Waals surface area (Å²) in [5, 5.41) is 10.5. The molecular formula is C9H14N4O. The Labute approximate surface area is 82.8 Å². The largest absolute Gasteiger partial charge is 0.481 e. The maximum Gasteiger partial charge on any atom is 0.212 e. The van der Waals surface area contributed by atoms with E-state index in [0.717, 1.165) is 5.56 Å². The molecule has 0 saturated carbocycles. The molecule has 0 saturated heterocycles. The van der Waals surface area contributed by atoms with E-state index in [-0.39, 0.29) is 0 Å². The lowest BCUT2D eigenvalue weighted by Crippen LogP contribution is -2.29. The standard InChI is InChI=1S/C9H14N4O/c1-14-8-3-2-7(6-13-8)9(11)12-5-4-10/h2-3,6H,4-5,10H2,1H3,(H2,11,12). The lowest BCUT2D eigenvalue weighted by molar-refractivity contribution is 0.398. The zero-order valence-corrected chi connectivity index (χ0v) is 8.08. The first kappa shape index (κ1) is 10.5. The number of nitrogens with one attached hydrogen (secondary N) is 2. The van der Waals surface area contributed by atoms with Crippen LogP contribution in [0, 0.1) is 5.41 Å². The highest BCUT2D eigenvalue weighted by Crippen LogP contribution is 2.05. The van der Waals surface area contributed by atoms with Gasteiger partial charge in [-0.15, -0.1) is 0 Å². The van der Waals surface area contributed by atoms with Crippen LogP contribution < -0.4 is 15.8 Å². The average Bonchev–Trinajstić information content (AvgIpc) is 2.26. The molecule has 0 aliphatic heterocycles.